The summed E-state index contributed by atoms with van der Waals surface area (Å²) in [5, 5.41) is 3.77. The Kier molecular flexibility index (Phi) is 3.60. The number of benzene rings is 1. The van der Waals surface area contributed by atoms with Crippen LogP contribution in [0.1, 0.15) is 31.2 Å². The van der Waals surface area contributed by atoms with Crippen molar-refractivity contribution in [2.45, 2.75) is 38.3 Å². The van der Waals surface area contributed by atoms with Gasteiger partial charge in [0, 0.05) is 21.5 Å². The summed E-state index contributed by atoms with van der Waals surface area (Å²) in [6.45, 7) is 1.00. The van der Waals surface area contributed by atoms with E-state index in [1.807, 2.05) is 0 Å². The third-order valence-electron chi connectivity index (χ3n) is 3.79. The minimum atomic E-state index is 0.789. The summed E-state index contributed by atoms with van der Waals surface area (Å²) in [4.78, 5) is 0. The van der Waals surface area contributed by atoms with Crippen LogP contribution in [0.2, 0.25) is 0 Å². The van der Waals surface area contributed by atoms with E-state index in [0.29, 0.717) is 0 Å². The van der Waals surface area contributed by atoms with Gasteiger partial charge < -0.3 is 5.32 Å². The lowest BCUT2D eigenvalue weighted by Gasteiger charge is -2.17. The highest BCUT2D eigenvalue weighted by molar-refractivity contribution is 9.13. The second-order valence-corrected chi connectivity index (χ2v) is 7.04. The highest BCUT2D eigenvalue weighted by Gasteiger charge is 2.40. The third kappa shape index (κ3) is 3.12. The molecular formula is C14H17Br2N. The molecule has 0 unspecified atom stereocenters. The lowest BCUT2D eigenvalue weighted by molar-refractivity contribution is 0.416. The molecule has 3 rings (SSSR count). The Hall–Kier alpha value is 0.140. The average molecular weight is 359 g/mol. The molecule has 1 N–H and O–H groups in total. The molecule has 2 fully saturated rings. The first-order chi connectivity index (χ1) is 8.24. The second kappa shape index (κ2) is 5.02. The van der Waals surface area contributed by atoms with E-state index in [2.05, 4.69) is 55.4 Å². The summed E-state index contributed by atoms with van der Waals surface area (Å²) in [5.41, 5.74) is 1.37. The lowest BCUT2D eigenvalue weighted by Crippen LogP contribution is -2.32. The molecule has 0 heterocycles. The first-order valence-corrected chi connectivity index (χ1v) is 8.00. The van der Waals surface area contributed by atoms with Crippen molar-refractivity contribution >= 4 is 31.9 Å². The Bertz CT molecular complexity index is 399. The van der Waals surface area contributed by atoms with Crippen LogP contribution < -0.4 is 5.32 Å². The number of nitrogens with one attached hydrogen (secondary N) is 1. The third-order valence-corrected chi connectivity index (χ3v) is 5.67. The van der Waals surface area contributed by atoms with Crippen LogP contribution in [0.5, 0.6) is 0 Å². The zero-order chi connectivity index (χ0) is 11.8. The maximum Gasteiger partial charge on any atom is 0.0320 e. The van der Waals surface area contributed by atoms with E-state index < -0.39 is 0 Å². The molecule has 0 radical (unpaired) electrons. The predicted octanol–water partition coefficient (Wildman–Crippen LogP) is 4.49. The van der Waals surface area contributed by atoms with E-state index in [0.717, 1.165) is 33.4 Å². The van der Waals surface area contributed by atoms with Gasteiger partial charge in [0.1, 0.15) is 0 Å². The quantitative estimate of drug-likeness (QED) is 0.817. The van der Waals surface area contributed by atoms with Gasteiger partial charge in [-0.1, -0.05) is 6.07 Å². The van der Waals surface area contributed by atoms with Crippen LogP contribution in [0.3, 0.4) is 0 Å². The first kappa shape index (κ1) is 12.2. The molecule has 2 aliphatic rings. The molecular weight excluding hydrogens is 342 g/mol. The van der Waals surface area contributed by atoms with Crippen LogP contribution in [0.25, 0.3) is 0 Å². The van der Waals surface area contributed by atoms with Crippen molar-refractivity contribution in [1.82, 2.24) is 5.32 Å². The van der Waals surface area contributed by atoms with Crippen LogP contribution in [-0.2, 0) is 6.54 Å². The molecule has 0 amide bonds. The summed E-state index contributed by atoms with van der Waals surface area (Å²) < 4.78 is 2.27. The number of hydrogen-bond acceptors (Lipinski definition) is 1. The van der Waals surface area contributed by atoms with Crippen LogP contribution in [0.15, 0.2) is 27.1 Å². The van der Waals surface area contributed by atoms with Gasteiger partial charge in [-0.15, -0.1) is 0 Å². The lowest BCUT2D eigenvalue weighted by atomic mass is 10.1. The smallest absolute Gasteiger partial charge is 0.0320 e. The summed E-state index contributed by atoms with van der Waals surface area (Å²) in [6.07, 6.45) is 5.77. The molecule has 0 bridgehead atoms. The summed E-state index contributed by atoms with van der Waals surface area (Å²) in [7, 11) is 0. The van der Waals surface area contributed by atoms with Crippen molar-refractivity contribution in [3.8, 4) is 0 Å². The van der Waals surface area contributed by atoms with E-state index in [1.165, 1.54) is 31.2 Å². The first-order valence-electron chi connectivity index (χ1n) is 6.41. The maximum absolute atomic E-state index is 3.77. The number of hydrogen-bond donors (Lipinski definition) is 1. The molecule has 17 heavy (non-hydrogen) atoms. The highest BCUT2D eigenvalue weighted by Crippen LogP contribution is 2.44. The molecule has 0 aromatic heterocycles. The van der Waals surface area contributed by atoms with Crippen molar-refractivity contribution in [2.75, 3.05) is 0 Å². The summed E-state index contributed by atoms with van der Waals surface area (Å²) >= 11 is 7.07. The van der Waals surface area contributed by atoms with Crippen molar-refractivity contribution in [2.24, 2.45) is 11.8 Å². The molecule has 0 atom stereocenters. The fourth-order valence-corrected chi connectivity index (χ4v) is 3.19. The molecule has 0 spiro atoms. The van der Waals surface area contributed by atoms with Crippen LogP contribution in [0.4, 0.5) is 0 Å². The number of rotatable bonds is 5. The molecule has 1 aromatic carbocycles. The normalized spacial score (nSPS) is 19.9. The Morgan fingerprint density at radius 1 is 1.06 bits per heavy atom. The zero-order valence-electron chi connectivity index (χ0n) is 9.76. The van der Waals surface area contributed by atoms with Crippen LogP contribution in [0, 0.1) is 11.8 Å². The zero-order valence-corrected chi connectivity index (χ0v) is 12.9. The van der Waals surface area contributed by atoms with Crippen LogP contribution in [-0.4, -0.2) is 6.04 Å². The molecule has 1 aromatic rings. The van der Waals surface area contributed by atoms with Gasteiger partial charge in [0.15, 0.2) is 0 Å². The molecule has 3 heteroatoms. The van der Waals surface area contributed by atoms with E-state index in [-0.39, 0.29) is 0 Å². The Morgan fingerprint density at radius 3 is 2.24 bits per heavy atom. The minimum absolute atomic E-state index is 0.789. The average Bonchev–Trinajstić information content (AvgIpc) is 3.14. The van der Waals surface area contributed by atoms with E-state index in [9.17, 15) is 0 Å². The standard InChI is InChI=1S/C14H17Br2N/c15-12-6-1-9(7-13(12)16)8-17-14(10-2-3-10)11-4-5-11/h1,6-7,10-11,14,17H,2-5,8H2. The monoisotopic (exact) mass is 357 g/mol. The van der Waals surface area contributed by atoms with Crippen molar-refractivity contribution in [3.63, 3.8) is 0 Å². The molecule has 1 nitrogen and oxygen atoms in total. The molecule has 0 saturated heterocycles. The SMILES string of the molecule is Brc1ccc(CNC(C2CC2)C2CC2)cc1Br. The minimum Gasteiger partial charge on any atom is -0.309 e. The van der Waals surface area contributed by atoms with Gasteiger partial charge in [0.25, 0.3) is 0 Å². The van der Waals surface area contributed by atoms with Gasteiger partial charge in [-0.25, -0.2) is 0 Å². The van der Waals surface area contributed by atoms with E-state index in [4.69, 9.17) is 0 Å². The Labute approximate surface area is 120 Å². The fraction of sp³-hybridized carbons (Fsp3) is 0.571. The fourth-order valence-electron chi connectivity index (χ4n) is 2.51. The summed E-state index contributed by atoms with van der Waals surface area (Å²) in [6, 6.07) is 7.30. The van der Waals surface area contributed by atoms with Gasteiger partial charge in [0.05, 0.1) is 0 Å². The van der Waals surface area contributed by atoms with Crippen molar-refractivity contribution in [1.29, 1.82) is 0 Å². The van der Waals surface area contributed by atoms with Gasteiger partial charge in [-0.05, 0) is 87.1 Å². The molecule has 92 valence electrons. The van der Waals surface area contributed by atoms with Crippen LogP contribution >= 0.6 is 31.9 Å². The van der Waals surface area contributed by atoms with E-state index in [1.54, 1.807) is 0 Å². The Morgan fingerprint density at radius 2 is 1.71 bits per heavy atom. The largest absolute Gasteiger partial charge is 0.309 e. The van der Waals surface area contributed by atoms with Crippen molar-refractivity contribution < 1.29 is 0 Å². The van der Waals surface area contributed by atoms with Crippen molar-refractivity contribution in [3.05, 3.63) is 32.7 Å². The van der Waals surface area contributed by atoms with Gasteiger partial charge >= 0.3 is 0 Å². The maximum atomic E-state index is 3.77. The second-order valence-electron chi connectivity index (χ2n) is 5.33. The Balaban J connectivity index is 1.60. The van der Waals surface area contributed by atoms with Gasteiger partial charge in [0.2, 0.25) is 0 Å². The molecule has 0 aliphatic heterocycles. The van der Waals surface area contributed by atoms with Gasteiger partial charge in [-0.2, -0.15) is 0 Å². The summed E-state index contributed by atoms with van der Waals surface area (Å²) in [5.74, 6) is 1.95. The molecule has 2 saturated carbocycles. The molecule has 2 aliphatic carbocycles. The van der Waals surface area contributed by atoms with Gasteiger partial charge in [-0.3, -0.25) is 0 Å². The van der Waals surface area contributed by atoms with E-state index >= 15 is 0 Å². The number of halogens is 2. The highest BCUT2D eigenvalue weighted by atomic mass is 79.9. The predicted molar refractivity (Wildman–Crippen MR) is 77.9 cm³/mol. The topological polar surface area (TPSA) is 12.0 Å².